The first-order valence-electron chi connectivity index (χ1n) is 16.9. The van der Waals surface area contributed by atoms with E-state index in [0.717, 1.165) is 17.7 Å². The van der Waals surface area contributed by atoms with Crippen molar-refractivity contribution in [3.8, 4) is 0 Å². The second-order valence-electron chi connectivity index (χ2n) is 14.4. The maximum atomic E-state index is 14.3. The highest BCUT2D eigenvalue weighted by Crippen LogP contribution is 2.46. The van der Waals surface area contributed by atoms with Gasteiger partial charge in [0, 0.05) is 18.8 Å². The fraction of sp³-hybridized carbons (Fsp3) is 0.676. The standard InChI is InChI=1S/C37H53NO8/c1-20(2)14-24(6)33-25(7)30(38-42-8)18-28-31-17-27(44-36(28)46-33)13-12-22(4)15-21(3)10-9-11-26-19-43-34-32(39)23(5)16-29(35(40)45-31)37(26,34)41/h9-12,14,16,20-21,25,27-29,31-34,36,39,41H,13,15,17-19H2,1-8H3/b10-9+,22-12+,24-14+,26-11+,38-30-/t21-,25-,27+,28-,29-,31-,32+,33+,34+,36+,37+/m0/s1. The summed E-state index contributed by atoms with van der Waals surface area (Å²) in [5.74, 6) is -1.48. The van der Waals surface area contributed by atoms with Crippen LogP contribution in [0.1, 0.15) is 74.1 Å². The Hall–Kier alpha value is -2.56. The highest BCUT2D eigenvalue weighted by molar-refractivity contribution is 5.87. The number of aliphatic hydroxyl groups excluding tert-OH is 1. The lowest BCUT2D eigenvalue weighted by molar-refractivity contribution is -0.259. The van der Waals surface area contributed by atoms with Crippen LogP contribution in [0.5, 0.6) is 0 Å². The molecule has 0 amide bonds. The lowest BCUT2D eigenvalue weighted by atomic mass is 9.71. The van der Waals surface area contributed by atoms with Crippen LogP contribution in [0.15, 0.2) is 63.9 Å². The lowest BCUT2D eigenvalue weighted by Gasteiger charge is -2.44. The minimum atomic E-state index is -1.75. The lowest BCUT2D eigenvalue weighted by Crippen LogP contribution is -2.58. The fourth-order valence-corrected chi connectivity index (χ4v) is 7.87. The van der Waals surface area contributed by atoms with Gasteiger partial charge in [0.15, 0.2) is 6.29 Å². The third kappa shape index (κ3) is 6.99. The molecule has 0 spiro atoms. The predicted molar refractivity (Wildman–Crippen MR) is 176 cm³/mol. The molecule has 0 saturated carbocycles. The summed E-state index contributed by atoms with van der Waals surface area (Å²) in [4.78, 5) is 19.6. The highest BCUT2D eigenvalue weighted by atomic mass is 16.7. The van der Waals surface area contributed by atoms with Crippen LogP contribution in [0, 0.1) is 29.6 Å². The van der Waals surface area contributed by atoms with Gasteiger partial charge in [-0.25, -0.2) is 0 Å². The summed E-state index contributed by atoms with van der Waals surface area (Å²) in [7, 11) is 1.54. The molecule has 3 fully saturated rings. The van der Waals surface area contributed by atoms with Crippen LogP contribution >= 0.6 is 0 Å². The van der Waals surface area contributed by atoms with Gasteiger partial charge in [0.05, 0.1) is 30.4 Å². The predicted octanol–water partition coefficient (Wildman–Crippen LogP) is 5.58. The zero-order valence-electron chi connectivity index (χ0n) is 28.6. The number of aliphatic hydroxyl groups is 2. The summed E-state index contributed by atoms with van der Waals surface area (Å²) in [6, 6.07) is 0. The van der Waals surface area contributed by atoms with Gasteiger partial charge in [0.25, 0.3) is 0 Å². The second kappa shape index (κ2) is 14.3. The molecule has 254 valence electrons. The van der Waals surface area contributed by atoms with Crippen molar-refractivity contribution in [3.05, 3.63) is 58.7 Å². The molecule has 0 aromatic rings. The van der Waals surface area contributed by atoms with Gasteiger partial charge in [-0.1, -0.05) is 74.9 Å². The molecule has 0 radical (unpaired) electrons. The van der Waals surface area contributed by atoms with E-state index in [0.29, 0.717) is 36.3 Å². The van der Waals surface area contributed by atoms with Crippen LogP contribution in [0.3, 0.4) is 0 Å². The SMILES string of the molecule is CO/N=C1/C[C@@H]2[C@H](O[C@@H]3C/C=C(\C)C[C@@H](C)/C=C/C=C4\CO[C@@H]5[C@H](O)C(C)=C[C@@H](C(=O)O[C@H]2C3)[C@]45O)O[C@H](/C(C)=C/C(C)C)[C@H]1C. The van der Waals surface area contributed by atoms with E-state index < -0.39 is 42.1 Å². The molecular formula is C37H53NO8. The maximum absolute atomic E-state index is 14.3. The molecule has 3 saturated heterocycles. The van der Waals surface area contributed by atoms with Crippen LogP contribution in [0.2, 0.25) is 0 Å². The van der Waals surface area contributed by atoms with Crippen molar-refractivity contribution in [2.24, 2.45) is 34.7 Å². The molecule has 4 aliphatic heterocycles. The number of fused-ring (bicyclic) bond motifs is 4. The molecule has 2 N–H and O–H groups in total. The van der Waals surface area contributed by atoms with Gasteiger partial charge in [-0.15, -0.1) is 0 Å². The molecule has 0 aromatic heterocycles. The average Bonchev–Trinajstić information content (AvgIpc) is 3.25. The number of esters is 1. The Labute approximate surface area is 274 Å². The molecule has 11 atom stereocenters. The van der Waals surface area contributed by atoms with E-state index in [2.05, 4.69) is 64.9 Å². The number of oxime groups is 1. The summed E-state index contributed by atoms with van der Waals surface area (Å²) in [6.07, 6.45) is 10.6. The van der Waals surface area contributed by atoms with Crippen LogP contribution < -0.4 is 0 Å². The zero-order valence-corrected chi connectivity index (χ0v) is 28.6. The molecule has 2 bridgehead atoms. The van der Waals surface area contributed by atoms with Gasteiger partial charge in [-0.05, 0) is 62.2 Å². The first kappa shape index (κ1) is 34.8. The summed E-state index contributed by atoms with van der Waals surface area (Å²) in [6.45, 7) is 14.6. The van der Waals surface area contributed by atoms with Crippen molar-refractivity contribution in [2.75, 3.05) is 13.7 Å². The first-order chi connectivity index (χ1) is 21.8. The largest absolute Gasteiger partial charge is 0.461 e. The van der Waals surface area contributed by atoms with Gasteiger partial charge in [0.2, 0.25) is 0 Å². The van der Waals surface area contributed by atoms with E-state index in [1.165, 1.54) is 12.7 Å². The first-order valence-corrected chi connectivity index (χ1v) is 16.9. The van der Waals surface area contributed by atoms with Crippen LogP contribution in [-0.2, 0) is 28.6 Å². The smallest absolute Gasteiger partial charge is 0.316 e. The number of nitrogens with zero attached hydrogens (tertiary/aromatic N) is 1. The molecule has 5 rings (SSSR count). The minimum Gasteiger partial charge on any atom is -0.461 e. The Balaban J connectivity index is 1.57. The van der Waals surface area contributed by atoms with Crippen LogP contribution in [0.4, 0.5) is 0 Å². The van der Waals surface area contributed by atoms with Gasteiger partial charge in [-0.3, -0.25) is 4.79 Å². The van der Waals surface area contributed by atoms with Crippen molar-refractivity contribution in [1.29, 1.82) is 0 Å². The normalized spacial score (nSPS) is 44.5. The number of hydrogen-bond donors (Lipinski definition) is 2. The maximum Gasteiger partial charge on any atom is 0.316 e. The number of hydrogen-bond acceptors (Lipinski definition) is 9. The van der Waals surface area contributed by atoms with Crippen LogP contribution in [-0.4, -0.2) is 78.0 Å². The molecule has 4 heterocycles. The quantitative estimate of drug-likeness (QED) is 0.234. The Morgan fingerprint density at radius 1 is 1.20 bits per heavy atom. The monoisotopic (exact) mass is 639 g/mol. The van der Waals surface area contributed by atoms with Crippen molar-refractivity contribution in [1.82, 2.24) is 0 Å². The summed E-state index contributed by atoms with van der Waals surface area (Å²) in [5.41, 5.74) is 2.52. The van der Waals surface area contributed by atoms with E-state index in [1.807, 2.05) is 12.2 Å². The van der Waals surface area contributed by atoms with Gasteiger partial charge in [-0.2, -0.15) is 0 Å². The second-order valence-corrected chi connectivity index (χ2v) is 14.4. The Morgan fingerprint density at radius 3 is 2.67 bits per heavy atom. The highest BCUT2D eigenvalue weighted by Gasteiger charge is 2.60. The van der Waals surface area contributed by atoms with Crippen molar-refractivity contribution < 1.29 is 38.8 Å². The number of carbonyl (C=O) groups excluding carboxylic acids is 1. The van der Waals surface area contributed by atoms with Gasteiger partial charge >= 0.3 is 5.97 Å². The number of allylic oxidation sites excluding steroid dienone is 5. The summed E-state index contributed by atoms with van der Waals surface area (Å²) in [5, 5.41) is 27.7. The van der Waals surface area contributed by atoms with E-state index in [9.17, 15) is 15.0 Å². The van der Waals surface area contributed by atoms with Crippen molar-refractivity contribution in [3.63, 3.8) is 0 Å². The van der Waals surface area contributed by atoms with Gasteiger partial charge < -0.3 is 34.0 Å². The van der Waals surface area contributed by atoms with Crippen molar-refractivity contribution >= 4 is 11.7 Å². The number of carbonyl (C=O) groups is 1. The molecule has 9 nitrogen and oxygen atoms in total. The summed E-state index contributed by atoms with van der Waals surface area (Å²) >= 11 is 0. The molecule has 0 aromatic carbocycles. The Kier molecular flexibility index (Phi) is 10.8. The molecular weight excluding hydrogens is 586 g/mol. The average molecular weight is 640 g/mol. The third-order valence-electron chi connectivity index (χ3n) is 10.3. The molecule has 1 aliphatic carbocycles. The topological polar surface area (TPSA) is 116 Å². The van der Waals surface area contributed by atoms with E-state index in [4.69, 9.17) is 23.8 Å². The van der Waals surface area contributed by atoms with Gasteiger partial charge in [0.1, 0.15) is 36.9 Å². The minimum absolute atomic E-state index is 0.0908. The van der Waals surface area contributed by atoms with E-state index in [1.54, 1.807) is 13.0 Å². The molecule has 5 aliphatic rings. The summed E-state index contributed by atoms with van der Waals surface area (Å²) < 4.78 is 25.9. The van der Waals surface area contributed by atoms with Crippen molar-refractivity contribution in [2.45, 2.75) is 117 Å². The molecule has 46 heavy (non-hydrogen) atoms. The van der Waals surface area contributed by atoms with E-state index in [-0.39, 0.29) is 36.6 Å². The Bertz CT molecular complexity index is 1330. The number of rotatable bonds is 3. The third-order valence-corrected chi connectivity index (χ3v) is 10.3. The fourth-order valence-electron chi connectivity index (χ4n) is 7.87. The molecule has 9 heteroatoms. The van der Waals surface area contributed by atoms with E-state index >= 15 is 0 Å². The Morgan fingerprint density at radius 2 is 1.96 bits per heavy atom. The van der Waals surface area contributed by atoms with Crippen LogP contribution in [0.25, 0.3) is 0 Å². The number of ether oxygens (including phenoxy) is 4. The molecule has 0 unspecified atom stereocenters. The zero-order chi connectivity index (χ0) is 33.3.